The van der Waals surface area contributed by atoms with Gasteiger partial charge in [0, 0.05) is 10.6 Å². The largest absolute Gasteiger partial charge is 0.392 e. The number of rotatable bonds is 6. The van der Waals surface area contributed by atoms with Gasteiger partial charge in [0.1, 0.15) is 0 Å². The van der Waals surface area contributed by atoms with Gasteiger partial charge in [-0.3, -0.25) is 0 Å². The molecule has 0 saturated carbocycles. The standard InChI is InChI=1S/C16H18OS/c17-15(12-11-14-7-3-1-4-8-14)13-18-16-9-5-2-6-10-16/h1-10,15,17H,11-13H2/t15-/m1/s1. The van der Waals surface area contributed by atoms with Gasteiger partial charge in [-0.2, -0.15) is 0 Å². The predicted molar refractivity (Wildman–Crippen MR) is 77.9 cm³/mol. The Morgan fingerprint density at radius 1 is 0.889 bits per heavy atom. The molecule has 0 fully saturated rings. The average molecular weight is 258 g/mol. The van der Waals surface area contributed by atoms with E-state index < -0.39 is 0 Å². The molecule has 1 nitrogen and oxygen atoms in total. The van der Waals surface area contributed by atoms with Gasteiger partial charge in [-0.25, -0.2) is 0 Å². The summed E-state index contributed by atoms with van der Waals surface area (Å²) in [7, 11) is 0. The van der Waals surface area contributed by atoms with Crippen LogP contribution in [-0.4, -0.2) is 17.0 Å². The van der Waals surface area contributed by atoms with Crippen LogP contribution in [0.1, 0.15) is 12.0 Å². The molecular weight excluding hydrogens is 240 g/mol. The predicted octanol–water partition coefficient (Wildman–Crippen LogP) is 3.77. The van der Waals surface area contributed by atoms with Gasteiger partial charge in [0.25, 0.3) is 0 Å². The Morgan fingerprint density at radius 2 is 1.50 bits per heavy atom. The van der Waals surface area contributed by atoms with E-state index in [2.05, 4.69) is 24.3 Å². The molecule has 0 bridgehead atoms. The lowest BCUT2D eigenvalue weighted by molar-refractivity contribution is 0.189. The number of hydrogen-bond donors (Lipinski definition) is 1. The normalized spacial score (nSPS) is 12.3. The maximum Gasteiger partial charge on any atom is 0.0637 e. The molecule has 0 amide bonds. The van der Waals surface area contributed by atoms with Crippen molar-refractivity contribution >= 4 is 11.8 Å². The van der Waals surface area contributed by atoms with Gasteiger partial charge in [0.15, 0.2) is 0 Å². The number of benzene rings is 2. The van der Waals surface area contributed by atoms with Gasteiger partial charge in [0.2, 0.25) is 0 Å². The summed E-state index contributed by atoms with van der Waals surface area (Å²) in [4.78, 5) is 1.22. The molecule has 2 rings (SSSR count). The Balaban J connectivity index is 1.71. The van der Waals surface area contributed by atoms with Crippen molar-refractivity contribution in [3.63, 3.8) is 0 Å². The van der Waals surface area contributed by atoms with Crippen LogP contribution >= 0.6 is 11.8 Å². The summed E-state index contributed by atoms with van der Waals surface area (Å²) < 4.78 is 0. The lowest BCUT2D eigenvalue weighted by Gasteiger charge is -2.10. The lowest BCUT2D eigenvalue weighted by atomic mass is 10.1. The van der Waals surface area contributed by atoms with Gasteiger partial charge in [0.05, 0.1) is 6.10 Å². The number of aryl methyl sites for hydroxylation is 1. The first-order chi connectivity index (χ1) is 8.84. The summed E-state index contributed by atoms with van der Waals surface area (Å²) in [5, 5.41) is 9.95. The number of aliphatic hydroxyl groups excluding tert-OH is 1. The van der Waals surface area contributed by atoms with Gasteiger partial charge >= 0.3 is 0 Å². The van der Waals surface area contributed by atoms with E-state index >= 15 is 0 Å². The van der Waals surface area contributed by atoms with Crippen molar-refractivity contribution in [2.24, 2.45) is 0 Å². The highest BCUT2D eigenvalue weighted by Crippen LogP contribution is 2.19. The van der Waals surface area contributed by atoms with Crippen LogP contribution in [-0.2, 0) is 6.42 Å². The first-order valence-corrected chi connectivity index (χ1v) is 7.23. The van der Waals surface area contributed by atoms with Crippen LogP contribution in [0.25, 0.3) is 0 Å². The molecule has 0 aliphatic rings. The first kappa shape index (κ1) is 13.2. The third kappa shape index (κ3) is 4.55. The van der Waals surface area contributed by atoms with Gasteiger partial charge < -0.3 is 5.11 Å². The molecule has 2 aromatic carbocycles. The zero-order valence-electron chi connectivity index (χ0n) is 10.3. The van der Waals surface area contributed by atoms with Crippen molar-refractivity contribution in [2.75, 3.05) is 5.75 Å². The van der Waals surface area contributed by atoms with Crippen molar-refractivity contribution < 1.29 is 5.11 Å². The molecule has 1 atom stereocenters. The van der Waals surface area contributed by atoms with Crippen molar-refractivity contribution in [3.05, 3.63) is 66.2 Å². The van der Waals surface area contributed by atoms with E-state index in [0.717, 1.165) is 18.6 Å². The molecule has 0 spiro atoms. The molecule has 94 valence electrons. The summed E-state index contributed by atoms with van der Waals surface area (Å²) >= 11 is 1.71. The molecule has 0 aliphatic heterocycles. The third-order valence-corrected chi connectivity index (χ3v) is 3.95. The highest BCUT2D eigenvalue weighted by Gasteiger charge is 2.05. The second kappa shape index (κ2) is 7.24. The molecule has 0 heterocycles. The van der Waals surface area contributed by atoms with Crippen LogP contribution in [0.15, 0.2) is 65.6 Å². The van der Waals surface area contributed by atoms with E-state index in [4.69, 9.17) is 0 Å². The van der Waals surface area contributed by atoms with Crippen LogP contribution < -0.4 is 0 Å². The molecule has 0 unspecified atom stereocenters. The zero-order chi connectivity index (χ0) is 12.6. The highest BCUT2D eigenvalue weighted by atomic mass is 32.2. The number of hydrogen-bond acceptors (Lipinski definition) is 2. The van der Waals surface area contributed by atoms with Crippen molar-refractivity contribution in [1.29, 1.82) is 0 Å². The third-order valence-electron chi connectivity index (χ3n) is 2.79. The summed E-state index contributed by atoms with van der Waals surface area (Å²) in [6, 6.07) is 20.5. The van der Waals surface area contributed by atoms with Crippen molar-refractivity contribution in [3.8, 4) is 0 Å². The molecule has 0 saturated heterocycles. The van der Waals surface area contributed by atoms with E-state index in [-0.39, 0.29) is 6.10 Å². The van der Waals surface area contributed by atoms with Gasteiger partial charge in [-0.05, 0) is 30.5 Å². The summed E-state index contributed by atoms with van der Waals surface area (Å²) in [5.74, 6) is 0.761. The monoisotopic (exact) mass is 258 g/mol. The van der Waals surface area contributed by atoms with Crippen molar-refractivity contribution in [1.82, 2.24) is 0 Å². The van der Waals surface area contributed by atoms with Crippen LogP contribution in [0.5, 0.6) is 0 Å². The lowest BCUT2D eigenvalue weighted by Crippen LogP contribution is -2.10. The fraction of sp³-hybridized carbons (Fsp3) is 0.250. The molecule has 2 aromatic rings. The topological polar surface area (TPSA) is 20.2 Å². The molecule has 0 aromatic heterocycles. The van der Waals surface area contributed by atoms with Gasteiger partial charge in [-0.1, -0.05) is 48.5 Å². The number of thioether (sulfide) groups is 1. The van der Waals surface area contributed by atoms with Crippen LogP contribution in [0.4, 0.5) is 0 Å². The fourth-order valence-corrected chi connectivity index (χ4v) is 2.67. The minimum Gasteiger partial charge on any atom is -0.392 e. The summed E-state index contributed by atoms with van der Waals surface area (Å²) in [6.45, 7) is 0. The second-order valence-electron chi connectivity index (χ2n) is 4.30. The zero-order valence-corrected chi connectivity index (χ0v) is 11.1. The second-order valence-corrected chi connectivity index (χ2v) is 5.40. The summed E-state index contributed by atoms with van der Waals surface area (Å²) in [6.07, 6.45) is 1.52. The minimum absolute atomic E-state index is 0.240. The molecule has 2 heteroatoms. The van der Waals surface area contributed by atoms with E-state index in [9.17, 15) is 5.11 Å². The molecular formula is C16H18OS. The average Bonchev–Trinajstić information content (AvgIpc) is 2.45. The minimum atomic E-state index is -0.240. The van der Waals surface area contributed by atoms with E-state index in [0.29, 0.717) is 0 Å². The highest BCUT2D eigenvalue weighted by molar-refractivity contribution is 7.99. The Labute approximate surface area is 113 Å². The Bertz CT molecular complexity index is 398. The molecule has 1 N–H and O–H groups in total. The van der Waals surface area contributed by atoms with Crippen LogP contribution in [0.2, 0.25) is 0 Å². The van der Waals surface area contributed by atoms with Gasteiger partial charge in [-0.15, -0.1) is 11.8 Å². The number of aliphatic hydroxyl groups is 1. The summed E-state index contributed by atoms with van der Waals surface area (Å²) in [5.41, 5.74) is 1.29. The maximum absolute atomic E-state index is 9.95. The first-order valence-electron chi connectivity index (χ1n) is 6.24. The van der Waals surface area contributed by atoms with Crippen LogP contribution in [0.3, 0.4) is 0 Å². The Hall–Kier alpha value is -1.25. The SMILES string of the molecule is O[C@H](CCc1ccccc1)CSc1ccccc1. The Kier molecular flexibility index (Phi) is 5.31. The van der Waals surface area contributed by atoms with E-state index in [1.807, 2.05) is 36.4 Å². The maximum atomic E-state index is 9.95. The van der Waals surface area contributed by atoms with E-state index in [1.54, 1.807) is 11.8 Å². The molecule has 0 aliphatic carbocycles. The Morgan fingerprint density at radius 3 is 2.17 bits per heavy atom. The van der Waals surface area contributed by atoms with Crippen LogP contribution in [0, 0.1) is 0 Å². The smallest absolute Gasteiger partial charge is 0.0637 e. The van der Waals surface area contributed by atoms with Crippen molar-refractivity contribution in [2.45, 2.75) is 23.8 Å². The quantitative estimate of drug-likeness (QED) is 0.796. The molecule has 18 heavy (non-hydrogen) atoms. The van der Waals surface area contributed by atoms with E-state index in [1.165, 1.54) is 10.5 Å². The fourth-order valence-electron chi connectivity index (χ4n) is 1.77. The molecule has 0 radical (unpaired) electrons.